The van der Waals surface area contributed by atoms with Crippen molar-refractivity contribution in [2.75, 3.05) is 0 Å². The van der Waals surface area contributed by atoms with Gasteiger partial charge >= 0.3 is 0 Å². The quantitative estimate of drug-likeness (QED) is 0.625. The zero-order valence-corrected chi connectivity index (χ0v) is 8.26. The molecular weight excluding hydrogens is 152 g/mol. The molecule has 0 spiro atoms. The molecule has 0 fully saturated rings. The third-order valence-electron chi connectivity index (χ3n) is 1.72. The van der Waals surface area contributed by atoms with Gasteiger partial charge in [-0.05, 0) is 25.2 Å². The van der Waals surface area contributed by atoms with Crippen molar-refractivity contribution in [3.05, 3.63) is 29.8 Å². The van der Waals surface area contributed by atoms with Crippen LogP contribution >= 0.6 is 0 Å². The zero-order chi connectivity index (χ0) is 8.48. The summed E-state index contributed by atoms with van der Waals surface area (Å²) in [5, 5.41) is 1.11. The van der Waals surface area contributed by atoms with Gasteiger partial charge in [0.1, 0.15) is 0 Å². The van der Waals surface area contributed by atoms with Crippen LogP contribution in [0.4, 0.5) is 0 Å². The number of hydrogen-bond donors (Lipinski definition) is 1. The minimum Gasteiger partial charge on any atom is -0.428 e. The largest absolute Gasteiger partial charge is 0.428 e. The molecule has 0 saturated carbocycles. The Morgan fingerprint density at radius 3 is 2.27 bits per heavy atom. The lowest BCUT2D eigenvalue weighted by molar-refractivity contribution is 0.568. The van der Waals surface area contributed by atoms with Crippen molar-refractivity contribution in [3.63, 3.8) is 0 Å². The van der Waals surface area contributed by atoms with E-state index in [1.54, 1.807) is 0 Å². The van der Waals surface area contributed by atoms with E-state index in [1.165, 1.54) is 5.56 Å². The first kappa shape index (κ1) is 8.49. The highest BCUT2D eigenvalue weighted by Crippen LogP contribution is 2.00. The van der Waals surface area contributed by atoms with Crippen molar-refractivity contribution in [3.8, 4) is 0 Å². The van der Waals surface area contributed by atoms with Crippen LogP contribution in [0.2, 0.25) is 13.1 Å². The molecule has 0 saturated heterocycles. The lowest BCUT2D eigenvalue weighted by atomic mass is 10.2. The molecule has 0 unspecified atom stereocenters. The first-order valence-corrected chi connectivity index (χ1v) is 6.74. The van der Waals surface area contributed by atoms with Gasteiger partial charge in [-0.2, -0.15) is 0 Å². The van der Waals surface area contributed by atoms with Gasteiger partial charge in [0.15, 0.2) is 0 Å². The van der Waals surface area contributed by atoms with Crippen molar-refractivity contribution in [1.29, 1.82) is 0 Å². The normalized spacial score (nSPS) is 11.6. The molecule has 0 radical (unpaired) electrons. The van der Waals surface area contributed by atoms with Gasteiger partial charge in [0, 0.05) is 0 Å². The van der Waals surface area contributed by atoms with Gasteiger partial charge < -0.3 is 4.80 Å². The van der Waals surface area contributed by atoms with Crippen molar-refractivity contribution in [2.45, 2.75) is 20.0 Å². The number of rotatable bonds is 1. The number of benzene rings is 1. The summed E-state index contributed by atoms with van der Waals surface area (Å²) in [6.45, 7) is 5.91. The second kappa shape index (κ2) is 2.79. The second-order valence-corrected chi connectivity index (χ2v) is 7.12. The first-order chi connectivity index (χ1) is 5.00. The molecule has 0 heterocycles. The van der Waals surface area contributed by atoms with Crippen LogP contribution in [-0.4, -0.2) is 13.1 Å². The molecule has 0 aliphatic rings. The van der Waals surface area contributed by atoms with Gasteiger partial charge in [0.2, 0.25) is 8.32 Å². The summed E-state index contributed by atoms with van der Waals surface area (Å²) in [7, 11) is -2.06. The molecule has 60 valence electrons. The summed E-state index contributed by atoms with van der Waals surface area (Å²) in [6.07, 6.45) is 0. The molecule has 1 nitrogen and oxygen atoms in total. The van der Waals surface area contributed by atoms with Gasteiger partial charge in [-0.25, -0.2) is 0 Å². The average Bonchev–Trinajstić information content (AvgIpc) is 1.86. The minimum atomic E-state index is -2.06. The molecule has 1 aromatic rings. The molecule has 0 aromatic heterocycles. The Hall–Kier alpha value is -0.603. The predicted octanol–water partition coefficient (Wildman–Crippen LogP) is 1.40. The van der Waals surface area contributed by atoms with Gasteiger partial charge in [0.25, 0.3) is 0 Å². The van der Waals surface area contributed by atoms with E-state index in [1.807, 2.05) is 38.2 Å². The van der Waals surface area contributed by atoms with E-state index in [2.05, 4.69) is 6.07 Å². The molecule has 0 amide bonds. The van der Waals surface area contributed by atoms with E-state index < -0.39 is 8.32 Å². The summed E-state index contributed by atoms with van der Waals surface area (Å²) < 4.78 is 0. The molecule has 0 aliphatic carbocycles. The van der Waals surface area contributed by atoms with Crippen LogP contribution in [0.1, 0.15) is 5.56 Å². The summed E-state index contributed by atoms with van der Waals surface area (Å²) in [5.41, 5.74) is 1.22. The Kier molecular flexibility index (Phi) is 2.16. The van der Waals surface area contributed by atoms with Crippen LogP contribution in [0, 0.1) is 6.92 Å². The molecule has 0 atom stereocenters. The summed E-state index contributed by atoms with van der Waals surface area (Å²) in [4.78, 5) is 9.75. The van der Waals surface area contributed by atoms with E-state index >= 15 is 0 Å². The first-order valence-electron chi connectivity index (χ1n) is 3.79. The summed E-state index contributed by atoms with van der Waals surface area (Å²) in [6, 6.07) is 8.10. The van der Waals surface area contributed by atoms with Crippen molar-refractivity contribution >= 4 is 13.5 Å². The Morgan fingerprint density at radius 1 is 1.27 bits per heavy atom. The fraction of sp³-hybridized carbons (Fsp3) is 0.333. The number of aryl methyl sites for hydroxylation is 1. The molecule has 1 N–H and O–H groups in total. The Morgan fingerprint density at radius 2 is 1.91 bits per heavy atom. The fourth-order valence-electron chi connectivity index (χ4n) is 1.03. The molecule has 0 aliphatic heterocycles. The van der Waals surface area contributed by atoms with E-state index in [9.17, 15) is 4.80 Å². The SMILES string of the molecule is Cc1cccc([Si](C)(C)O)c1. The smallest absolute Gasteiger partial charge is 0.213 e. The van der Waals surface area contributed by atoms with Crippen LogP contribution in [0.25, 0.3) is 0 Å². The van der Waals surface area contributed by atoms with Gasteiger partial charge in [0.05, 0.1) is 0 Å². The highest BCUT2D eigenvalue weighted by molar-refractivity contribution is 6.83. The zero-order valence-electron chi connectivity index (χ0n) is 7.26. The third-order valence-corrected chi connectivity index (χ3v) is 3.45. The maximum atomic E-state index is 9.75. The lowest BCUT2D eigenvalue weighted by Crippen LogP contribution is -2.41. The predicted molar refractivity (Wildman–Crippen MR) is 50.5 cm³/mol. The van der Waals surface area contributed by atoms with E-state index in [0.29, 0.717) is 0 Å². The monoisotopic (exact) mass is 166 g/mol. The third kappa shape index (κ3) is 2.17. The van der Waals surface area contributed by atoms with E-state index in [0.717, 1.165) is 5.19 Å². The highest BCUT2D eigenvalue weighted by Gasteiger charge is 2.19. The highest BCUT2D eigenvalue weighted by atomic mass is 28.4. The number of hydrogen-bond acceptors (Lipinski definition) is 1. The summed E-state index contributed by atoms with van der Waals surface area (Å²) >= 11 is 0. The van der Waals surface area contributed by atoms with Crippen LogP contribution in [0.3, 0.4) is 0 Å². The van der Waals surface area contributed by atoms with Gasteiger partial charge in [-0.15, -0.1) is 0 Å². The maximum absolute atomic E-state index is 9.75. The van der Waals surface area contributed by atoms with Crippen molar-refractivity contribution < 1.29 is 4.80 Å². The van der Waals surface area contributed by atoms with Crippen LogP contribution in [0.5, 0.6) is 0 Å². The average molecular weight is 166 g/mol. The topological polar surface area (TPSA) is 20.2 Å². The van der Waals surface area contributed by atoms with Crippen LogP contribution in [0.15, 0.2) is 24.3 Å². The lowest BCUT2D eigenvalue weighted by Gasteiger charge is -2.14. The molecular formula is C9H14OSi. The fourth-order valence-corrected chi connectivity index (χ4v) is 2.11. The van der Waals surface area contributed by atoms with Gasteiger partial charge in [-0.3, -0.25) is 0 Å². The molecule has 11 heavy (non-hydrogen) atoms. The molecule has 2 heteroatoms. The summed E-state index contributed by atoms with van der Waals surface area (Å²) in [5.74, 6) is 0. The Labute approximate surface area is 68.8 Å². The molecule has 0 bridgehead atoms. The van der Waals surface area contributed by atoms with Gasteiger partial charge in [-0.1, -0.05) is 29.8 Å². The minimum absolute atomic E-state index is 1.11. The second-order valence-electron chi connectivity index (χ2n) is 3.43. The van der Waals surface area contributed by atoms with Crippen LogP contribution < -0.4 is 5.19 Å². The van der Waals surface area contributed by atoms with Crippen molar-refractivity contribution in [1.82, 2.24) is 0 Å². The van der Waals surface area contributed by atoms with E-state index in [4.69, 9.17) is 0 Å². The standard InChI is InChI=1S/C9H14OSi/c1-8-5-4-6-9(7-8)11(2,3)10/h4-7,10H,1-3H3. The molecule has 1 aromatic carbocycles. The Balaban J connectivity index is 3.06. The molecule has 1 rings (SSSR count). The maximum Gasteiger partial charge on any atom is 0.213 e. The van der Waals surface area contributed by atoms with Crippen molar-refractivity contribution in [2.24, 2.45) is 0 Å². The van der Waals surface area contributed by atoms with E-state index in [-0.39, 0.29) is 0 Å². The van der Waals surface area contributed by atoms with Crippen LogP contribution in [-0.2, 0) is 0 Å². The Bertz CT molecular complexity index is 250.